The van der Waals surface area contributed by atoms with Crippen LogP contribution in [0.25, 0.3) is 21.5 Å². The van der Waals surface area contributed by atoms with Crippen LogP contribution in [0.5, 0.6) is 23.0 Å². The van der Waals surface area contributed by atoms with Crippen molar-refractivity contribution < 1.29 is 24.5 Å². The summed E-state index contributed by atoms with van der Waals surface area (Å²) in [6, 6.07) is 14.8. The lowest BCUT2D eigenvalue weighted by Gasteiger charge is -2.29. The highest BCUT2D eigenvalue weighted by atomic mass is 16.7. The molecule has 0 atom stereocenters. The van der Waals surface area contributed by atoms with Crippen LogP contribution in [0.4, 0.5) is 4.79 Å². The summed E-state index contributed by atoms with van der Waals surface area (Å²) in [6.07, 6.45) is 5.18. The van der Waals surface area contributed by atoms with E-state index in [0.717, 1.165) is 17.6 Å². The van der Waals surface area contributed by atoms with E-state index in [1.165, 1.54) is 5.57 Å². The number of aromatic hydroxyl groups is 2. The summed E-state index contributed by atoms with van der Waals surface area (Å²) in [4.78, 5) is 13.8. The van der Waals surface area contributed by atoms with Gasteiger partial charge in [0.05, 0.1) is 0 Å². The molecule has 0 saturated heterocycles. The second-order valence-corrected chi connectivity index (χ2v) is 14.6. The molecular formula is C41H50O5. The number of carbonyl (C=O) groups is 1. The van der Waals surface area contributed by atoms with Crippen molar-refractivity contribution in [2.24, 2.45) is 5.92 Å². The van der Waals surface area contributed by atoms with E-state index in [2.05, 4.69) is 46.8 Å². The second kappa shape index (κ2) is 13.2. The number of phenols is 2. The average Bonchev–Trinajstić information content (AvgIpc) is 2.95. The van der Waals surface area contributed by atoms with Crippen LogP contribution in [0.1, 0.15) is 97.4 Å². The molecule has 0 aliphatic carbocycles. The summed E-state index contributed by atoms with van der Waals surface area (Å²) in [7, 11) is 0. The van der Waals surface area contributed by atoms with Crippen molar-refractivity contribution in [3.63, 3.8) is 0 Å². The first-order valence-corrected chi connectivity index (χ1v) is 16.2. The molecule has 4 aromatic carbocycles. The fourth-order valence-electron chi connectivity index (χ4n) is 7.15. The molecule has 2 N–H and O–H groups in total. The summed E-state index contributed by atoms with van der Waals surface area (Å²) >= 11 is 0. The number of allylic oxidation sites excluding steroid dienone is 4. The molecule has 0 amide bonds. The zero-order valence-corrected chi connectivity index (χ0v) is 29.4. The molecule has 0 saturated carbocycles. The van der Waals surface area contributed by atoms with Gasteiger partial charge in [-0.2, -0.15) is 0 Å². The van der Waals surface area contributed by atoms with Crippen molar-refractivity contribution in [2.75, 3.05) is 0 Å². The molecule has 46 heavy (non-hydrogen) atoms. The van der Waals surface area contributed by atoms with Gasteiger partial charge < -0.3 is 19.7 Å². The fourth-order valence-corrected chi connectivity index (χ4v) is 7.15. The molecular weight excluding hydrogens is 572 g/mol. The Morgan fingerprint density at radius 1 is 0.761 bits per heavy atom. The highest BCUT2D eigenvalue weighted by Gasteiger charge is 2.32. The number of phenolic OH excluding ortho intramolecular Hbond substituents is 2. The number of fused-ring (bicyclic) bond motifs is 2. The van der Waals surface area contributed by atoms with Gasteiger partial charge in [-0.1, -0.05) is 113 Å². The third-order valence-electron chi connectivity index (χ3n) is 8.79. The molecule has 0 spiro atoms. The van der Waals surface area contributed by atoms with Gasteiger partial charge in [-0.15, -0.1) is 0 Å². The van der Waals surface area contributed by atoms with E-state index in [1.54, 1.807) is 0 Å². The molecule has 5 nitrogen and oxygen atoms in total. The molecule has 0 aliphatic heterocycles. The Morgan fingerprint density at radius 3 is 1.65 bits per heavy atom. The standard InChI is InChI=1S/C41H50O5/c1-24(2)22-26(5)20-21-40(8,9)33-27(6)37(31-18-14-12-16-29(31)35(33)42)45-39(44)46-38-28(7)34(41(10,11)23-25(3)4)36(43)30-17-13-15-19-32(30)38/h12-20,23-24,42-43H,21-22H2,1-11H3/b26-20+. The topological polar surface area (TPSA) is 76.0 Å². The lowest BCUT2D eigenvalue weighted by atomic mass is 9.76. The van der Waals surface area contributed by atoms with Crippen LogP contribution in [0, 0.1) is 19.8 Å². The van der Waals surface area contributed by atoms with E-state index in [0.29, 0.717) is 62.1 Å². The quantitative estimate of drug-likeness (QED) is 0.110. The number of hydrogen-bond acceptors (Lipinski definition) is 5. The molecule has 0 aromatic heterocycles. The number of ether oxygens (including phenoxy) is 2. The van der Waals surface area contributed by atoms with Gasteiger partial charge in [0, 0.05) is 49.2 Å². The maximum absolute atomic E-state index is 13.8. The van der Waals surface area contributed by atoms with Crippen molar-refractivity contribution >= 4 is 27.7 Å². The first-order chi connectivity index (χ1) is 21.5. The van der Waals surface area contributed by atoms with Crippen molar-refractivity contribution in [2.45, 2.75) is 99.8 Å². The maximum Gasteiger partial charge on any atom is 0.519 e. The van der Waals surface area contributed by atoms with E-state index in [9.17, 15) is 15.0 Å². The Bertz CT molecular complexity index is 1850. The van der Waals surface area contributed by atoms with Gasteiger partial charge in [-0.05, 0) is 58.8 Å². The minimum Gasteiger partial charge on any atom is -0.507 e. The largest absolute Gasteiger partial charge is 0.519 e. The second-order valence-electron chi connectivity index (χ2n) is 14.6. The van der Waals surface area contributed by atoms with Gasteiger partial charge >= 0.3 is 6.16 Å². The summed E-state index contributed by atoms with van der Waals surface area (Å²) in [6.45, 7) is 22.6. The minimum atomic E-state index is -0.889. The number of carbonyl (C=O) groups excluding carboxylic acids is 1. The normalized spacial score (nSPS) is 12.6. The minimum absolute atomic E-state index is 0.168. The Balaban J connectivity index is 1.83. The average molecular weight is 623 g/mol. The van der Waals surface area contributed by atoms with Gasteiger partial charge in [0.1, 0.15) is 23.0 Å². The van der Waals surface area contributed by atoms with Crippen LogP contribution in [0.3, 0.4) is 0 Å². The molecule has 0 aliphatic rings. The lowest BCUT2D eigenvalue weighted by molar-refractivity contribution is 0.152. The van der Waals surface area contributed by atoms with Gasteiger partial charge in [0.15, 0.2) is 0 Å². The number of benzene rings is 4. The highest BCUT2D eigenvalue weighted by molar-refractivity contribution is 5.99. The number of hydrogen-bond donors (Lipinski definition) is 2. The first-order valence-electron chi connectivity index (χ1n) is 16.2. The van der Waals surface area contributed by atoms with Gasteiger partial charge in [-0.3, -0.25) is 0 Å². The molecule has 244 valence electrons. The molecule has 0 heterocycles. The molecule has 0 radical (unpaired) electrons. The Kier molecular flexibility index (Phi) is 9.96. The van der Waals surface area contributed by atoms with Crippen LogP contribution in [0.2, 0.25) is 0 Å². The molecule has 0 unspecified atom stereocenters. The molecule has 4 aromatic rings. The summed E-state index contributed by atoms with van der Waals surface area (Å²) in [5, 5.41) is 25.5. The van der Waals surface area contributed by atoms with E-state index >= 15 is 0 Å². The summed E-state index contributed by atoms with van der Waals surface area (Å²) in [5.74, 6) is 1.62. The van der Waals surface area contributed by atoms with E-state index in [4.69, 9.17) is 9.47 Å². The lowest BCUT2D eigenvalue weighted by Crippen LogP contribution is -2.21. The van der Waals surface area contributed by atoms with E-state index < -0.39 is 17.0 Å². The Labute approximate surface area is 274 Å². The van der Waals surface area contributed by atoms with Crippen molar-refractivity contribution in [3.8, 4) is 23.0 Å². The van der Waals surface area contributed by atoms with Crippen LogP contribution in [-0.4, -0.2) is 16.4 Å². The predicted octanol–water partition coefficient (Wildman–Crippen LogP) is 11.5. The highest BCUT2D eigenvalue weighted by Crippen LogP contribution is 2.48. The van der Waals surface area contributed by atoms with Gasteiger partial charge in [-0.25, -0.2) is 4.79 Å². The molecule has 4 rings (SSSR count). The summed E-state index contributed by atoms with van der Waals surface area (Å²) in [5.41, 5.74) is 4.20. The molecule has 5 heteroatoms. The maximum atomic E-state index is 13.8. The predicted molar refractivity (Wildman–Crippen MR) is 191 cm³/mol. The van der Waals surface area contributed by atoms with Gasteiger partial charge in [0.2, 0.25) is 0 Å². The third kappa shape index (κ3) is 6.94. The monoisotopic (exact) mass is 622 g/mol. The van der Waals surface area contributed by atoms with E-state index in [1.807, 2.05) is 90.1 Å². The van der Waals surface area contributed by atoms with E-state index in [-0.39, 0.29) is 11.5 Å². The third-order valence-corrected chi connectivity index (χ3v) is 8.79. The van der Waals surface area contributed by atoms with Crippen molar-refractivity contribution in [3.05, 3.63) is 94.1 Å². The van der Waals surface area contributed by atoms with Crippen LogP contribution >= 0.6 is 0 Å². The van der Waals surface area contributed by atoms with Crippen molar-refractivity contribution in [1.82, 2.24) is 0 Å². The molecule has 0 fully saturated rings. The molecule has 0 bridgehead atoms. The summed E-state index contributed by atoms with van der Waals surface area (Å²) < 4.78 is 12.2. The zero-order valence-electron chi connectivity index (χ0n) is 29.4. The zero-order chi connectivity index (χ0) is 34.1. The SMILES string of the molecule is CC(C)=CC(C)(C)c1c(C)c(OC(=O)Oc2c(C)c(C(C)(C)C/C=C(\C)CC(C)C)c(O)c3ccccc23)c2ccccc2c1O. The van der Waals surface area contributed by atoms with Crippen LogP contribution in [0.15, 0.2) is 71.8 Å². The van der Waals surface area contributed by atoms with Crippen LogP contribution < -0.4 is 9.47 Å². The first kappa shape index (κ1) is 34.6. The van der Waals surface area contributed by atoms with Crippen molar-refractivity contribution in [1.29, 1.82) is 0 Å². The Morgan fingerprint density at radius 2 is 1.20 bits per heavy atom. The number of rotatable bonds is 9. The van der Waals surface area contributed by atoms with Crippen LogP contribution in [-0.2, 0) is 10.8 Å². The fraction of sp³-hybridized carbons (Fsp3) is 0.390. The smallest absolute Gasteiger partial charge is 0.507 e. The Hall–Kier alpha value is -4.25. The van der Waals surface area contributed by atoms with Gasteiger partial charge in [0.25, 0.3) is 0 Å².